The van der Waals surface area contributed by atoms with Crippen LogP contribution >= 0.6 is 0 Å². The van der Waals surface area contributed by atoms with Gasteiger partial charge in [0.2, 0.25) is 17.6 Å². The average molecular weight is 872 g/mol. The van der Waals surface area contributed by atoms with E-state index in [1.807, 2.05) is 64.5 Å². The normalized spacial score (nSPS) is 26.0. The average Bonchev–Trinajstić information content (AvgIpc) is 3.96. The van der Waals surface area contributed by atoms with Crippen molar-refractivity contribution in [2.75, 3.05) is 40.6 Å². The summed E-state index contributed by atoms with van der Waals surface area (Å²) >= 11 is 0. The van der Waals surface area contributed by atoms with Gasteiger partial charge in [-0.2, -0.15) is 0 Å². The number of carbonyl (C=O) groups is 4. The molecule has 4 saturated heterocycles. The molecule has 4 amide bonds. The summed E-state index contributed by atoms with van der Waals surface area (Å²) in [7, 11) is 2.61. The largest absolute Gasteiger partial charge is 0.453 e. The Bertz CT molecular complexity index is 2430. The van der Waals surface area contributed by atoms with E-state index < -0.39 is 24.3 Å². The molecule has 2 aromatic carbocycles. The van der Waals surface area contributed by atoms with Crippen LogP contribution in [0.25, 0.3) is 38.5 Å². The van der Waals surface area contributed by atoms with Crippen LogP contribution < -0.4 is 10.6 Å². The van der Waals surface area contributed by atoms with E-state index in [0.29, 0.717) is 81.3 Å². The molecule has 0 unspecified atom stereocenters. The SMILES string of the molecule is [C-]#[N+]c1[nH]c([C@@H]2C[C@H]3C[C@H]3N2C(=O)[C@@H](NC(=O)OC)C2CCOCC2)nc1-c1ccc(-c2ccc(-c3c[nH]c([C@@H]4C[C@H]5C[C@H]5N4C(=O)[C@@H](NC(=O)OC)C4CCOCC4)n3)cc2)cc1. The minimum absolute atomic E-state index is 0.0343. The van der Waals surface area contributed by atoms with Crippen molar-refractivity contribution in [1.82, 2.24) is 40.4 Å². The van der Waals surface area contributed by atoms with Crippen LogP contribution in [0.1, 0.15) is 75.1 Å². The van der Waals surface area contributed by atoms with Crippen molar-refractivity contribution in [1.29, 1.82) is 0 Å². The summed E-state index contributed by atoms with van der Waals surface area (Å²) in [5, 5.41) is 5.67. The van der Waals surface area contributed by atoms with Crippen molar-refractivity contribution in [3.8, 4) is 33.6 Å². The molecule has 2 aromatic heterocycles. The Morgan fingerprint density at radius 3 is 1.64 bits per heavy atom. The number of piperidine rings is 2. The van der Waals surface area contributed by atoms with E-state index in [1.54, 1.807) is 0 Å². The number of likely N-dealkylation sites (tertiary alicyclic amines) is 2. The number of alkyl carbamates (subject to hydrolysis) is 2. The maximum absolute atomic E-state index is 14.3. The molecule has 0 spiro atoms. The van der Waals surface area contributed by atoms with Gasteiger partial charge in [-0.1, -0.05) is 55.1 Å². The number of aromatic amines is 2. The number of hydrogen-bond donors (Lipinski definition) is 4. The van der Waals surface area contributed by atoms with Crippen LogP contribution in [0.3, 0.4) is 0 Å². The first-order chi connectivity index (χ1) is 31.2. The van der Waals surface area contributed by atoms with Gasteiger partial charge in [-0.3, -0.25) is 14.6 Å². The van der Waals surface area contributed by atoms with Crippen molar-refractivity contribution in [3.05, 3.63) is 77.8 Å². The van der Waals surface area contributed by atoms with Gasteiger partial charge in [-0.25, -0.2) is 19.6 Å². The number of fused-ring (bicyclic) bond motifs is 2. The fourth-order valence-electron chi connectivity index (χ4n) is 10.7. The highest BCUT2D eigenvalue weighted by atomic mass is 16.5. The van der Waals surface area contributed by atoms with Crippen molar-refractivity contribution < 1.29 is 38.1 Å². The highest BCUT2D eigenvalue weighted by Gasteiger charge is 2.58. The van der Waals surface area contributed by atoms with Crippen LogP contribution in [0.2, 0.25) is 0 Å². The van der Waals surface area contributed by atoms with Crippen LogP contribution in [-0.2, 0) is 28.5 Å². The molecule has 2 saturated carbocycles. The quantitative estimate of drug-likeness (QED) is 0.124. The topological polar surface area (TPSA) is 197 Å². The molecule has 4 N–H and O–H groups in total. The first-order valence-corrected chi connectivity index (χ1v) is 22.5. The fraction of sp³-hybridized carbons (Fsp3) is 0.511. The number of aromatic nitrogens is 4. The van der Waals surface area contributed by atoms with Crippen LogP contribution in [0.5, 0.6) is 0 Å². The summed E-state index contributed by atoms with van der Waals surface area (Å²) in [5.41, 5.74) is 5.01. The zero-order valence-electron chi connectivity index (χ0n) is 36.0. The lowest BCUT2D eigenvalue weighted by atomic mass is 9.90. The number of benzene rings is 2. The molecule has 2 aliphatic carbocycles. The molecular formula is C47H53N9O8. The molecule has 334 valence electrons. The molecule has 6 heterocycles. The lowest BCUT2D eigenvalue weighted by molar-refractivity contribution is -0.138. The van der Waals surface area contributed by atoms with E-state index in [2.05, 4.69) is 25.4 Å². The number of methoxy groups -OCH3 is 2. The van der Waals surface area contributed by atoms with Gasteiger partial charge in [0, 0.05) is 50.3 Å². The third kappa shape index (κ3) is 7.98. The first kappa shape index (κ1) is 41.7. The Morgan fingerprint density at radius 1 is 0.688 bits per heavy atom. The second-order valence-electron chi connectivity index (χ2n) is 18.0. The van der Waals surface area contributed by atoms with Gasteiger partial charge in [0.15, 0.2) is 0 Å². The number of hydrogen-bond acceptors (Lipinski definition) is 10. The molecule has 4 aliphatic heterocycles. The number of amides is 4. The van der Waals surface area contributed by atoms with E-state index in [9.17, 15) is 19.2 Å². The molecule has 6 fully saturated rings. The molecule has 6 aliphatic rings. The Hall–Kier alpha value is -6.25. The Kier molecular flexibility index (Phi) is 11.3. The number of rotatable bonds is 11. The standard InChI is InChI=1S/C47H53N9O8/c1-48-43-38(51-42(54-43)37-23-32-21-35(32)56(37)45(58)40(53-47(60)62-3)30-14-18-64-19-15-30)28-10-6-26(7-11-28)25-4-8-27(9-5-25)33-24-49-41(50-33)36-22-31-20-34(31)55(36)44(57)39(52-46(59)61-2)29-12-16-63-17-13-29/h4-11,24,29-32,34-37,39-40H,12-23H2,2-3H3,(H,49,50)(H,51,54)(H,52,59)(H,53,60)/t31-,32-,34-,35-,36+,37+,39+,40+/m1/s1. The molecule has 10 rings (SSSR count). The third-order valence-corrected chi connectivity index (χ3v) is 14.4. The zero-order valence-corrected chi connectivity index (χ0v) is 36.0. The summed E-state index contributed by atoms with van der Waals surface area (Å²) < 4.78 is 20.9. The van der Waals surface area contributed by atoms with E-state index in [1.165, 1.54) is 14.2 Å². The van der Waals surface area contributed by atoms with Gasteiger partial charge in [0.25, 0.3) is 5.82 Å². The number of carbonyl (C=O) groups excluding carboxylic acids is 4. The highest BCUT2D eigenvalue weighted by molar-refractivity contribution is 5.88. The van der Waals surface area contributed by atoms with Gasteiger partial charge in [-0.15, -0.1) is 0 Å². The molecular weight excluding hydrogens is 819 g/mol. The van der Waals surface area contributed by atoms with Gasteiger partial charge in [0.1, 0.15) is 23.9 Å². The molecule has 17 heteroatoms. The maximum atomic E-state index is 14.3. The molecule has 0 bridgehead atoms. The van der Waals surface area contributed by atoms with Gasteiger partial charge >= 0.3 is 12.2 Å². The minimum atomic E-state index is -0.739. The van der Waals surface area contributed by atoms with Crippen LogP contribution in [-0.4, -0.2) is 119 Å². The van der Waals surface area contributed by atoms with Crippen LogP contribution in [0.4, 0.5) is 15.4 Å². The number of nitrogens with zero attached hydrogens (tertiary/aromatic N) is 5. The van der Waals surface area contributed by atoms with E-state index in [4.69, 9.17) is 35.5 Å². The number of nitrogens with one attached hydrogen (secondary N) is 4. The summed E-state index contributed by atoms with van der Waals surface area (Å²) in [6, 6.07) is 14.3. The second-order valence-corrected chi connectivity index (χ2v) is 18.0. The number of ether oxygens (including phenoxy) is 4. The summed E-state index contributed by atoms with van der Waals surface area (Å²) in [5.74, 6) is 2.05. The molecule has 8 atom stereocenters. The lowest BCUT2D eigenvalue weighted by Gasteiger charge is -2.35. The Morgan fingerprint density at radius 2 is 1.16 bits per heavy atom. The maximum Gasteiger partial charge on any atom is 0.407 e. The van der Waals surface area contributed by atoms with Gasteiger partial charge in [-0.05, 0) is 91.7 Å². The van der Waals surface area contributed by atoms with Crippen molar-refractivity contribution in [2.24, 2.45) is 23.7 Å². The molecule has 64 heavy (non-hydrogen) atoms. The van der Waals surface area contributed by atoms with E-state index in [0.717, 1.165) is 59.5 Å². The van der Waals surface area contributed by atoms with E-state index >= 15 is 0 Å². The van der Waals surface area contributed by atoms with Gasteiger partial charge in [0.05, 0.1) is 31.6 Å². The monoisotopic (exact) mass is 871 g/mol. The van der Waals surface area contributed by atoms with Gasteiger partial charge < -0.3 is 49.2 Å². The summed E-state index contributed by atoms with van der Waals surface area (Å²) in [6.45, 7) is 10.2. The molecule has 17 nitrogen and oxygen atoms in total. The van der Waals surface area contributed by atoms with Crippen molar-refractivity contribution >= 4 is 29.8 Å². The van der Waals surface area contributed by atoms with Crippen LogP contribution in [0, 0.1) is 30.2 Å². The Labute approximate surface area is 370 Å². The predicted molar refractivity (Wildman–Crippen MR) is 231 cm³/mol. The molecule has 4 aromatic rings. The van der Waals surface area contributed by atoms with Crippen molar-refractivity contribution in [2.45, 2.75) is 87.6 Å². The van der Waals surface area contributed by atoms with Crippen LogP contribution in [0.15, 0.2) is 54.7 Å². The predicted octanol–water partition coefficient (Wildman–Crippen LogP) is 6.31. The summed E-state index contributed by atoms with van der Waals surface area (Å²) in [4.78, 5) is 77.5. The third-order valence-electron chi connectivity index (χ3n) is 14.4. The smallest absolute Gasteiger partial charge is 0.407 e. The first-order valence-electron chi connectivity index (χ1n) is 22.5. The zero-order chi connectivity index (χ0) is 44.1. The fourth-order valence-corrected chi connectivity index (χ4v) is 10.7. The van der Waals surface area contributed by atoms with E-state index in [-0.39, 0.29) is 47.8 Å². The Balaban J connectivity index is 0.828. The lowest BCUT2D eigenvalue weighted by Crippen LogP contribution is -2.54. The molecule has 0 radical (unpaired) electrons. The summed E-state index contributed by atoms with van der Waals surface area (Å²) in [6.07, 6.45) is 6.76. The second kappa shape index (κ2) is 17.4. The minimum Gasteiger partial charge on any atom is -0.453 e. The number of H-pyrrole nitrogens is 2. The number of imidazole rings is 2. The highest BCUT2D eigenvalue weighted by Crippen LogP contribution is 2.55. The van der Waals surface area contributed by atoms with Crippen molar-refractivity contribution in [3.63, 3.8) is 0 Å².